The second-order valence-corrected chi connectivity index (χ2v) is 6.94. The van der Waals surface area contributed by atoms with Crippen molar-refractivity contribution in [3.8, 4) is 17.2 Å². The Morgan fingerprint density at radius 1 is 1.43 bits per heavy atom. The highest BCUT2D eigenvalue weighted by molar-refractivity contribution is 8.00. The number of carbonyl (C=O) groups is 1. The number of rotatable bonds is 3. The number of hydrogen-bond acceptors (Lipinski definition) is 5. The number of hydrogen-bond donors (Lipinski definition) is 0. The molecule has 0 radical (unpaired) electrons. The first-order valence-electron chi connectivity index (χ1n) is 7.19. The number of thioether (sulfide) groups is 1. The summed E-state index contributed by atoms with van der Waals surface area (Å²) in [7, 11) is 0. The molecule has 1 amide bonds. The maximum atomic E-state index is 12.5. The summed E-state index contributed by atoms with van der Waals surface area (Å²) in [5.41, 5.74) is 0. The van der Waals surface area contributed by atoms with Crippen molar-refractivity contribution in [3.05, 3.63) is 18.2 Å². The number of amides is 1. The molecule has 5 nitrogen and oxygen atoms in total. The van der Waals surface area contributed by atoms with Gasteiger partial charge in [-0.3, -0.25) is 4.79 Å². The molecular formula is C15H17NO4S. The third kappa shape index (κ3) is 2.31. The molecule has 2 saturated heterocycles. The Balaban J connectivity index is 1.43. The third-order valence-electron chi connectivity index (χ3n) is 4.19. The molecule has 0 spiro atoms. The molecule has 112 valence electrons. The standard InChI is InChI=1S/C15H17NO4S/c1-9(15(17)16-6-12-4-10(16)7-21-12)20-11-2-3-13-14(5-11)19-8-18-13/h2-3,5,9-10,12H,4,6-8H2,1H3/t9-,10-,12+/m0/s1. The molecule has 0 saturated carbocycles. The van der Waals surface area contributed by atoms with Crippen molar-refractivity contribution in [2.45, 2.75) is 30.7 Å². The Hall–Kier alpha value is -1.56. The lowest BCUT2D eigenvalue weighted by molar-refractivity contribution is -0.138. The van der Waals surface area contributed by atoms with Crippen LogP contribution in [0.1, 0.15) is 13.3 Å². The maximum Gasteiger partial charge on any atom is 0.263 e. The van der Waals surface area contributed by atoms with Crippen LogP contribution in [-0.2, 0) is 4.79 Å². The Kier molecular flexibility index (Phi) is 3.14. The van der Waals surface area contributed by atoms with Gasteiger partial charge in [-0.2, -0.15) is 11.8 Å². The fraction of sp³-hybridized carbons (Fsp3) is 0.533. The fourth-order valence-corrected chi connectivity index (χ4v) is 4.54. The first-order chi connectivity index (χ1) is 10.2. The summed E-state index contributed by atoms with van der Waals surface area (Å²) in [5.74, 6) is 3.17. The van der Waals surface area contributed by atoms with Crippen molar-refractivity contribution in [3.63, 3.8) is 0 Å². The highest BCUT2D eigenvalue weighted by Gasteiger charge is 2.42. The van der Waals surface area contributed by atoms with E-state index in [0.717, 1.165) is 24.5 Å². The first kappa shape index (κ1) is 13.1. The van der Waals surface area contributed by atoms with Gasteiger partial charge in [-0.05, 0) is 25.5 Å². The number of nitrogens with zero attached hydrogens (tertiary/aromatic N) is 1. The molecule has 3 aliphatic rings. The molecule has 3 atom stereocenters. The summed E-state index contributed by atoms with van der Waals surface area (Å²) in [6.07, 6.45) is 0.655. The minimum absolute atomic E-state index is 0.0838. The van der Waals surface area contributed by atoms with Gasteiger partial charge in [0.25, 0.3) is 5.91 Å². The zero-order valence-corrected chi connectivity index (χ0v) is 12.6. The summed E-state index contributed by atoms with van der Waals surface area (Å²) in [6.45, 7) is 2.91. The number of benzene rings is 1. The van der Waals surface area contributed by atoms with Gasteiger partial charge in [-0.25, -0.2) is 0 Å². The van der Waals surface area contributed by atoms with Gasteiger partial charge in [0.1, 0.15) is 5.75 Å². The van der Waals surface area contributed by atoms with E-state index in [-0.39, 0.29) is 12.7 Å². The van der Waals surface area contributed by atoms with Crippen LogP contribution in [0.4, 0.5) is 0 Å². The summed E-state index contributed by atoms with van der Waals surface area (Å²) < 4.78 is 16.4. The van der Waals surface area contributed by atoms with E-state index in [0.29, 0.717) is 22.8 Å². The van der Waals surface area contributed by atoms with E-state index >= 15 is 0 Å². The molecule has 0 aliphatic carbocycles. The summed E-state index contributed by atoms with van der Waals surface area (Å²) in [4.78, 5) is 14.5. The van der Waals surface area contributed by atoms with Crippen LogP contribution in [0.15, 0.2) is 18.2 Å². The molecule has 0 unspecified atom stereocenters. The topological polar surface area (TPSA) is 48.0 Å². The molecule has 4 rings (SSSR count). The number of fused-ring (bicyclic) bond motifs is 3. The molecule has 2 bridgehead atoms. The molecule has 21 heavy (non-hydrogen) atoms. The van der Waals surface area contributed by atoms with Crippen LogP contribution in [0, 0.1) is 0 Å². The molecule has 3 heterocycles. The smallest absolute Gasteiger partial charge is 0.263 e. The van der Waals surface area contributed by atoms with Crippen LogP contribution in [0.25, 0.3) is 0 Å². The highest BCUT2D eigenvalue weighted by atomic mass is 32.2. The largest absolute Gasteiger partial charge is 0.481 e. The van der Waals surface area contributed by atoms with Crippen molar-refractivity contribution in [1.82, 2.24) is 4.90 Å². The van der Waals surface area contributed by atoms with Gasteiger partial charge in [0.2, 0.25) is 6.79 Å². The van der Waals surface area contributed by atoms with Crippen molar-refractivity contribution < 1.29 is 19.0 Å². The number of ether oxygens (including phenoxy) is 3. The zero-order chi connectivity index (χ0) is 14.4. The minimum Gasteiger partial charge on any atom is -0.481 e. The van der Waals surface area contributed by atoms with Crippen molar-refractivity contribution >= 4 is 17.7 Å². The van der Waals surface area contributed by atoms with Gasteiger partial charge < -0.3 is 19.1 Å². The minimum atomic E-state index is -0.477. The number of likely N-dealkylation sites (tertiary alicyclic amines) is 1. The fourth-order valence-electron chi connectivity index (χ4n) is 3.11. The molecule has 3 aliphatic heterocycles. The van der Waals surface area contributed by atoms with Crippen molar-refractivity contribution in [1.29, 1.82) is 0 Å². The SMILES string of the molecule is C[C@H](Oc1ccc2c(c1)OCO2)C(=O)N1C[C@H]2C[C@H]1CS2. The normalized spacial score (nSPS) is 27.0. The van der Waals surface area contributed by atoms with E-state index in [1.165, 1.54) is 0 Å². The predicted molar refractivity (Wildman–Crippen MR) is 79.0 cm³/mol. The van der Waals surface area contributed by atoms with Crippen LogP contribution >= 0.6 is 11.8 Å². The van der Waals surface area contributed by atoms with Gasteiger partial charge >= 0.3 is 0 Å². The van der Waals surface area contributed by atoms with Gasteiger partial charge in [-0.15, -0.1) is 0 Å². The lowest BCUT2D eigenvalue weighted by Gasteiger charge is -2.29. The van der Waals surface area contributed by atoms with Gasteiger partial charge in [0.15, 0.2) is 17.6 Å². The zero-order valence-electron chi connectivity index (χ0n) is 11.8. The highest BCUT2D eigenvalue weighted by Crippen LogP contribution is 2.38. The maximum absolute atomic E-state index is 12.5. The second kappa shape index (κ2) is 5.02. The number of carbonyl (C=O) groups excluding carboxylic acids is 1. The van der Waals surface area contributed by atoms with E-state index in [4.69, 9.17) is 14.2 Å². The summed E-state index contributed by atoms with van der Waals surface area (Å²) in [5, 5.41) is 0.622. The van der Waals surface area contributed by atoms with Crippen molar-refractivity contribution in [2.24, 2.45) is 0 Å². The third-order valence-corrected chi connectivity index (χ3v) is 5.58. The van der Waals surface area contributed by atoms with Gasteiger partial charge in [0, 0.05) is 29.7 Å². The Morgan fingerprint density at radius 3 is 3.05 bits per heavy atom. The molecule has 1 aromatic rings. The van der Waals surface area contributed by atoms with Crippen molar-refractivity contribution in [2.75, 3.05) is 19.1 Å². The Labute approximate surface area is 127 Å². The molecule has 0 aromatic heterocycles. The Bertz CT molecular complexity index is 579. The molecular weight excluding hydrogens is 290 g/mol. The average Bonchev–Trinajstić information content (AvgIpc) is 3.21. The van der Waals surface area contributed by atoms with Crippen LogP contribution < -0.4 is 14.2 Å². The van der Waals surface area contributed by atoms with Crippen LogP contribution in [0.3, 0.4) is 0 Å². The molecule has 0 N–H and O–H groups in total. The predicted octanol–water partition coefficient (Wildman–Crippen LogP) is 1.90. The molecule has 2 fully saturated rings. The molecule has 1 aromatic carbocycles. The van der Waals surface area contributed by atoms with E-state index in [1.807, 2.05) is 35.7 Å². The first-order valence-corrected chi connectivity index (χ1v) is 8.24. The van der Waals surface area contributed by atoms with E-state index in [1.54, 1.807) is 6.07 Å². The van der Waals surface area contributed by atoms with E-state index in [9.17, 15) is 4.79 Å². The summed E-state index contributed by atoms with van der Waals surface area (Å²) >= 11 is 1.98. The monoisotopic (exact) mass is 307 g/mol. The molecule has 6 heteroatoms. The lowest BCUT2D eigenvalue weighted by Crippen LogP contribution is -2.45. The lowest BCUT2D eigenvalue weighted by atomic mass is 10.2. The van der Waals surface area contributed by atoms with Crippen LogP contribution in [-0.4, -0.2) is 47.3 Å². The van der Waals surface area contributed by atoms with E-state index < -0.39 is 6.10 Å². The second-order valence-electron chi connectivity index (χ2n) is 5.61. The Morgan fingerprint density at radius 2 is 2.29 bits per heavy atom. The van der Waals surface area contributed by atoms with E-state index in [2.05, 4.69) is 0 Å². The summed E-state index contributed by atoms with van der Waals surface area (Å²) in [6, 6.07) is 5.79. The quantitative estimate of drug-likeness (QED) is 0.853. The average molecular weight is 307 g/mol. The van der Waals surface area contributed by atoms with Crippen LogP contribution in [0.2, 0.25) is 0 Å². The van der Waals surface area contributed by atoms with Crippen LogP contribution in [0.5, 0.6) is 17.2 Å². The van der Waals surface area contributed by atoms with Gasteiger partial charge in [0.05, 0.1) is 0 Å². The van der Waals surface area contributed by atoms with Gasteiger partial charge in [-0.1, -0.05) is 0 Å².